The molecule has 0 unspecified atom stereocenters. The number of rotatable bonds is 5. The number of methoxy groups -OCH3 is 3. The van der Waals surface area contributed by atoms with Crippen LogP contribution in [0.5, 0.6) is 17.2 Å². The first kappa shape index (κ1) is 19.2. The van der Waals surface area contributed by atoms with Crippen molar-refractivity contribution in [1.82, 2.24) is 14.6 Å². The van der Waals surface area contributed by atoms with Gasteiger partial charge in [-0.25, -0.2) is 0 Å². The minimum atomic E-state index is -0.244. The van der Waals surface area contributed by atoms with Gasteiger partial charge >= 0.3 is 0 Å². The van der Waals surface area contributed by atoms with E-state index in [4.69, 9.17) is 25.8 Å². The summed E-state index contributed by atoms with van der Waals surface area (Å²) in [6.07, 6.45) is 1.75. The first-order valence-electron chi connectivity index (χ1n) is 8.51. The largest absolute Gasteiger partial charge is 0.493 e. The molecule has 7 nitrogen and oxygen atoms in total. The van der Waals surface area contributed by atoms with E-state index in [1.165, 1.54) is 23.0 Å². The highest BCUT2D eigenvalue weighted by Crippen LogP contribution is 2.38. The summed E-state index contributed by atoms with van der Waals surface area (Å²) in [7, 11) is 4.63. The molecule has 0 aliphatic rings. The normalized spacial score (nSPS) is 11.8. The summed E-state index contributed by atoms with van der Waals surface area (Å²) >= 11 is 7.17. The highest BCUT2D eigenvalue weighted by atomic mass is 35.5. The zero-order chi connectivity index (χ0) is 20.5. The fourth-order valence-electron chi connectivity index (χ4n) is 2.89. The summed E-state index contributed by atoms with van der Waals surface area (Å²) in [5, 5.41) is 4.97. The average Bonchev–Trinajstić information content (AvgIpc) is 3.27. The molecule has 0 atom stereocenters. The first-order chi connectivity index (χ1) is 14.0. The Kier molecular flexibility index (Phi) is 5.12. The van der Waals surface area contributed by atoms with Crippen molar-refractivity contribution >= 4 is 34.0 Å². The minimum absolute atomic E-state index is 0.244. The van der Waals surface area contributed by atoms with Crippen molar-refractivity contribution in [3.8, 4) is 28.6 Å². The van der Waals surface area contributed by atoms with Crippen LogP contribution in [0.15, 0.2) is 41.2 Å². The number of ether oxygens (including phenoxy) is 3. The highest BCUT2D eigenvalue weighted by Gasteiger charge is 2.14. The maximum Gasteiger partial charge on any atom is 0.291 e. The van der Waals surface area contributed by atoms with Gasteiger partial charge in [0.2, 0.25) is 10.7 Å². The molecule has 0 saturated carbocycles. The number of benzene rings is 2. The second-order valence-electron chi connectivity index (χ2n) is 6.01. The Morgan fingerprint density at radius 1 is 1.03 bits per heavy atom. The van der Waals surface area contributed by atoms with Crippen LogP contribution >= 0.6 is 22.9 Å². The minimum Gasteiger partial charge on any atom is -0.493 e. The summed E-state index contributed by atoms with van der Waals surface area (Å²) < 4.78 is 17.9. The van der Waals surface area contributed by atoms with E-state index in [1.54, 1.807) is 44.6 Å². The van der Waals surface area contributed by atoms with Crippen molar-refractivity contribution in [3.05, 3.63) is 61.9 Å². The third-order valence-electron chi connectivity index (χ3n) is 4.27. The summed E-state index contributed by atoms with van der Waals surface area (Å²) in [5.41, 5.74) is 1.28. The number of hydrogen-bond acceptors (Lipinski definition) is 7. The van der Waals surface area contributed by atoms with Gasteiger partial charge in [0.15, 0.2) is 17.3 Å². The highest BCUT2D eigenvalue weighted by molar-refractivity contribution is 7.15. The molecule has 4 rings (SSSR count). The quantitative estimate of drug-likeness (QED) is 0.485. The monoisotopic (exact) mass is 429 g/mol. The third-order valence-corrected chi connectivity index (χ3v) is 5.48. The molecule has 0 N–H and O–H groups in total. The van der Waals surface area contributed by atoms with Crippen molar-refractivity contribution < 1.29 is 14.2 Å². The van der Waals surface area contributed by atoms with Crippen LogP contribution in [0.25, 0.3) is 22.4 Å². The van der Waals surface area contributed by atoms with Crippen molar-refractivity contribution in [2.75, 3.05) is 21.3 Å². The molecule has 0 radical (unpaired) electrons. The lowest BCUT2D eigenvalue weighted by Gasteiger charge is -2.12. The lowest BCUT2D eigenvalue weighted by molar-refractivity contribution is 0.324. The Labute approximate surface area is 174 Å². The fourth-order valence-corrected chi connectivity index (χ4v) is 3.92. The SMILES string of the molecule is COc1cc(C=c2sc3nc(-c4ccc(Cl)cc4)nn3c2=O)cc(OC)c1OC. The van der Waals surface area contributed by atoms with Gasteiger partial charge < -0.3 is 14.2 Å². The molecule has 2 aromatic carbocycles. The van der Waals surface area contributed by atoms with Gasteiger partial charge in [-0.3, -0.25) is 4.79 Å². The molecule has 2 heterocycles. The van der Waals surface area contributed by atoms with Crippen LogP contribution < -0.4 is 24.3 Å². The molecule has 9 heteroatoms. The van der Waals surface area contributed by atoms with E-state index < -0.39 is 0 Å². The zero-order valence-electron chi connectivity index (χ0n) is 15.8. The van der Waals surface area contributed by atoms with Gasteiger partial charge in [0.05, 0.1) is 25.9 Å². The van der Waals surface area contributed by atoms with E-state index in [-0.39, 0.29) is 5.56 Å². The van der Waals surface area contributed by atoms with Gasteiger partial charge in [-0.2, -0.15) is 9.50 Å². The van der Waals surface area contributed by atoms with Crippen molar-refractivity contribution in [3.63, 3.8) is 0 Å². The Bertz CT molecular complexity index is 1270. The number of hydrogen-bond donors (Lipinski definition) is 0. The van der Waals surface area contributed by atoms with Gasteiger partial charge in [0.1, 0.15) is 0 Å². The molecule has 2 aromatic heterocycles. The predicted molar refractivity (Wildman–Crippen MR) is 112 cm³/mol. The van der Waals surface area contributed by atoms with E-state index >= 15 is 0 Å². The molecular formula is C20H16ClN3O4S. The van der Waals surface area contributed by atoms with Crippen molar-refractivity contribution in [1.29, 1.82) is 0 Å². The van der Waals surface area contributed by atoms with Crippen LogP contribution in [0, 0.1) is 0 Å². The van der Waals surface area contributed by atoms with Crippen molar-refractivity contribution in [2.45, 2.75) is 0 Å². The fraction of sp³-hybridized carbons (Fsp3) is 0.150. The molecule has 29 heavy (non-hydrogen) atoms. The molecule has 148 valence electrons. The van der Waals surface area contributed by atoms with Gasteiger partial charge in [-0.05, 0) is 48.0 Å². The number of aromatic nitrogens is 3. The Morgan fingerprint density at radius 2 is 1.69 bits per heavy atom. The van der Waals surface area contributed by atoms with E-state index in [0.717, 1.165) is 11.1 Å². The standard InChI is InChI=1S/C20H16ClN3O4S/c1-26-14-8-11(9-15(27-2)17(14)28-3)10-16-19(25)24-20(29-16)22-18(23-24)12-4-6-13(21)7-5-12/h4-10H,1-3H3. The van der Waals surface area contributed by atoms with Crippen LogP contribution in [-0.2, 0) is 0 Å². The first-order valence-corrected chi connectivity index (χ1v) is 9.70. The van der Waals surface area contributed by atoms with Gasteiger partial charge in [0.25, 0.3) is 5.56 Å². The molecule has 4 aromatic rings. The lowest BCUT2D eigenvalue weighted by atomic mass is 10.1. The smallest absolute Gasteiger partial charge is 0.291 e. The van der Waals surface area contributed by atoms with Gasteiger partial charge in [-0.15, -0.1) is 5.10 Å². The zero-order valence-corrected chi connectivity index (χ0v) is 17.4. The molecular weight excluding hydrogens is 414 g/mol. The predicted octanol–water partition coefficient (Wildman–Crippen LogP) is 3.04. The second kappa shape index (κ2) is 7.73. The summed E-state index contributed by atoms with van der Waals surface area (Å²) in [6.45, 7) is 0. The molecule has 0 bridgehead atoms. The molecule has 0 saturated heterocycles. The second-order valence-corrected chi connectivity index (χ2v) is 7.46. The topological polar surface area (TPSA) is 75.0 Å². The number of nitrogens with zero attached hydrogens (tertiary/aromatic N) is 3. The lowest BCUT2D eigenvalue weighted by Crippen LogP contribution is -2.23. The molecule has 0 aliphatic heterocycles. The van der Waals surface area contributed by atoms with Gasteiger partial charge in [0, 0.05) is 10.6 Å². The Hall–Kier alpha value is -3.10. The molecule has 0 aliphatic carbocycles. The van der Waals surface area contributed by atoms with E-state index in [0.29, 0.717) is 37.6 Å². The summed E-state index contributed by atoms with van der Waals surface area (Å²) in [6, 6.07) is 10.7. The van der Waals surface area contributed by atoms with Crippen LogP contribution in [0.1, 0.15) is 5.56 Å². The van der Waals surface area contributed by atoms with Crippen LogP contribution in [-0.4, -0.2) is 35.9 Å². The average molecular weight is 430 g/mol. The Balaban J connectivity index is 1.80. The number of thiazole rings is 1. The molecule has 0 spiro atoms. The van der Waals surface area contributed by atoms with Crippen molar-refractivity contribution in [2.24, 2.45) is 0 Å². The maximum absolute atomic E-state index is 12.8. The number of fused-ring (bicyclic) bond motifs is 1. The van der Waals surface area contributed by atoms with E-state index in [2.05, 4.69) is 10.1 Å². The van der Waals surface area contributed by atoms with Gasteiger partial charge in [-0.1, -0.05) is 22.9 Å². The Morgan fingerprint density at radius 3 is 2.24 bits per heavy atom. The third kappa shape index (κ3) is 3.52. The number of halogens is 1. The molecule has 0 amide bonds. The van der Waals surface area contributed by atoms with Crippen LogP contribution in [0.4, 0.5) is 0 Å². The van der Waals surface area contributed by atoms with E-state index in [1.807, 2.05) is 12.1 Å². The van der Waals surface area contributed by atoms with E-state index in [9.17, 15) is 4.79 Å². The maximum atomic E-state index is 12.8. The van der Waals surface area contributed by atoms with Crippen LogP contribution in [0.3, 0.4) is 0 Å². The molecule has 0 fully saturated rings. The summed E-state index contributed by atoms with van der Waals surface area (Å²) in [4.78, 5) is 17.8. The van der Waals surface area contributed by atoms with Crippen LogP contribution in [0.2, 0.25) is 5.02 Å². The summed E-state index contributed by atoms with van der Waals surface area (Å²) in [5.74, 6) is 1.99.